The molecule has 2 aromatic rings. The minimum absolute atomic E-state index is 0.219. The zero-order valence-corrected chi connectivity index (χ0v) is 12.8. The zero-order valence-electron chi connectivity index (χ0n) is 11.9. The minimum atomic E-state index is -3.55. The lowest BCUT2D eigenvalue weighted by molar-refractivity contribution is 0.392. The van der Waals surface area contributed by atoms with Gasteiger partial charge >= 0.3 is 0 Å². The summed E-state index contributed by atoms with van der Waals surface area (Å²) in [7, 11) is -3.55. The van der Waals surface area contributed by atoms with E-state index in [9.17, 15) is 8.42 Å². The van der Waals surface area contributed by atoms with Crippen LogP contribution in [0.2, 0.25) is 0 Å². The molecule has 0 bridgehead atoms. The SMILES string of the molecule is Cc1noc(C)c1CCNS(=O)(=O)c1c(C)n[nH]c1C. The molecule has 2 rings (SSSR count). The van der Waals surface area contributed by atoms with Crippen molar-refractivity contribution in [2.24, 2.45) is 0 Å². The average Bonchev–Trinajstić information content (AvgIpc) is 2.85. The second-order valence-corrected chi connectivity index (χ2v) is 6.42. The van der Waals surface area contributed by atoms with Gasteiger partial charge in [-0.3, -0.25) is 5.10 Å². The summed E-state index contributed by atoms with van der Waals surface area (Å²) in [5.41, 5.74) is 2.73. The Morgan fingerprint density at radius 3 is 2.40 bits per heavy atom. The van der Waals surface area contributed by atoms with Crippen LogP contribution in [0.5, 0.6) is 0 Å². The first-order chi connectivity index (χ1) is 9.33. The average molecular weight is 298 g/mol. The number of hydrogen-bond donors (Lipinski definition) is 2. The maximum absolute atomic E-state index is 12.2. The largest absolute Gasteiger partial charge is 0.361 e. The Morgan fingerprint density at radius 1 is 1.20 bits per heavy atom. The minimum Gasteiger partial charge on any atom is -0.361 e. The molecular formula is C12H18N4O3S. The maximum Gasteiger partial charge on any atom is 0.244 e. The summed E-state index contributed by atoms with van der Waals surface area (Å²) in [5, 5.41) is 10.4. The molecule has 0 fully saturated rings. The van der Waals surface area contributed by atoms with Crippen molar-refractivity contribution >= 4 is 10.0 Å². The number of rotatable bonds is 5. The van der Waals surface area contributed by atoms with Gasteiger partial charge in [0.25, 0.3) is 0 Å². The van der Waals surface area contributed by atoms with Crippen LogP contribution >= 0.6 is 0 Å². The smallest absolute Gasteiger partial charge is 0.244 e. The molecule has 0 aliphatic rings. The van der Waals surface area contributed by atoms with Crippen LogP contribution in [-0.4, -0.2) is 30.3 Å². The van der Waals surface area contributed by atoms with Crippen molar-refractivity contribution in [3.8, 4) is 0 Å². The molecule has 0 saturated carbocycles. The number of aromatic nitrogens is 3. The van der Waals surface area contributed by atoms with E-state index in [4.69, 9.17) is 4.52 Å². The third-order valence-electron chi connectivity index (χ3n) is 3.18. The molecule has 0 amide bonds. The highest BCUT2D eigenvalue weighted by Crippen LogP contribution is 2.17. The molecule has 0 radical (unpaired) electrons. The first kappa shape index (κ1) is 14.7. The molecule has 2 aromatic heterocycles. The molecule has 0 aliphatic carbocycles. The number of aromatic amines is 1. The van der Waals surface area contributed by atoms with Crippen LogP contribution in [0.3, 0.4) is 0 Å². The van der Waals surface area contributed by atoms with E-state index in [-0.39, 0.29) is 11.4 Å². The number of aryl methyl sites for hydroxylation is 4. The lowest BCUT2D eigenvalue weighted by atomic mass is 10.1. The first-order valence-electron chi connectivity index (χ1n) is 6.26. The van der Waals surface area contributed by atoms with E-state index >= 15 is 0 Å². The van der Waals surface area contributed by atoms with E-state index in [2.05, 4.69) is 20.1 Å². The fourth-order valence-corrected chi connectivity index (χ4v) is 3.58. The Hall–Kier alpha value is -1.67. The standard InChI is InChI=1S/C12H18N4O3S/c1-7-11(10(4)19-16-7)5-6-13-20(17,18)12-8(2)14-15-9(12)3/h13H,5-6H2,1-4H3,(H,14,15). The lowest BCUT2D eigenvalue weighted by Gasteiger charge is -2.06. The van der Waals surface area contributed by atoms with Gasteiger partial charge in [-0.2, -0.15) is 5.10 Å². The molecule has 0 saturated heterocycles. The predicted octanol–water partition coefficient (Wildman–Crippen LogP) is 1.15. The fourth-order valence-electron chi connectivity index (χ4n) is 2.18. The van der Waals surface area contributed by atoms with Crippen LogP contribution in [-0.2, 0) is 16.4 Å². The topological polar surface area (TPSA) is 101 Å². The highest BCUT2D eigenvalue weighted by molar-refractivity contribution is 7.89. The van der Waals surface area contributed by atoms with Gasteiger partial charge in [0.15, 0.2) is 0 Å². The molecule has 110 valence electrons. The van der Waals surface area contributed by atoms with Crippen LogP contribution in [0.4, 0.5) is 0 Å². The normalized spacial score (nSPS) is 12.0. The van der Waals surface area contributed by atoms with Crippen LogP contribution in [0, 0.1) is 27.7 Å². The van der Waals surface area contributed by atoms with Crippen molar-refractivity contribution in [1.29, 1.82) is 0 Å². The highest BCUT2D eigenvalue weighted by atomic mass is 32.2. The number of sulfonamides is 1. The molecule has 0 atom stereocenters. The Bertz CT molecular complexity index is 676. The Labute approximate surface area is 117 Å². The molecule has 8 heteroatoms. The molecule has 2 heterocycles. The van der Waals surface area contributed by atoms with Gasteiger partial charge in [-0.05, 0) is 34.1 Å². The molecule has 0 aromatic carbocycles. The van der Waals surface area contributed by atoms with E-state index in [1.807, 2.05) is 13.8 Å². The quantitative estimate of drug-likeness (QED) is 0.862. The van der Waals surface area contributed by atoms with Crippen molar-refractivity contribution in [3.63, 3.8) is 0 Å². The summed E-state index contributed by atoms with van der Waals surface area (Å²) in [5.74, 6) is 0.720. The lowest BCUT2D eigenvalue weighted by Crippen LogP contribution is -2.27. The first-order valence-corrected chi connectivity index (χ1v) is 7.74. The second-order valence-electron chi connectivity index (χ2n) is 4.71. The fraction of sp³-hybridized carbons (Fsp3) is 0.500. The summed E-state index contributed by atoms with van der Waals surface area (Å²) in [6.45, 7) is 7.28. The Morgan fingerprint density at radius 2 is 1.90 bits per heavy atom. The van der Waals surface area contributed by atoms with Crippen LogP contribution in [0.1, 0.15) is 28.4 Å². The van der Waals surface area contributed by atoms with Gasteiger partial charge in [-0.25, -0.2) is 13.1 Å². The summed E-state index contributed by atoms with van der Waals surface area (Å²) in [6.07, 6.45) is 0.538. The maximum atomic E-state index is 12.2. The van der Waals surface area contributed by atoms with Gasteiger partial charge in [0, 0.05) is 12.1 Å². The number of nitrogens with zero attached hydrogens (tertiary/aromatic N) is 2. The third-order valence-corrected chi connectivity index (χ3v) is 4.90. The Balaban J connectivity index is 2.08. The summed E-state index contributed by atoms with van der Waals surface area (Å²) >= 11 is 0. The third kappa shape index (κ3) is 2.75. The van der Waals surface area contributed by atoms with Gasteiger partial charge in [0.05, 0.1) is 17.1 Å². The monoisotopic (exact) mass is 298 g/mol. The van der Waals surface area contributed by atoms with Crippen molar-refractivity contribution < 1.29 is 12.9 Å². The zero-order chi connectivity index (χ0) is 14.9. The predicted molar refractivity (Wildman–Crippen MR) is 72.9 cm³/mol. The van der Waals surface area contributed by atoms with Gasteiger partial charge in [0.1, 0.15) is 10.7 Å². The summed E-state index contributed by atoms with van der Waals surface area (Å²) in [4.78, 5) is 0.219. The molecule has 0 spiro atoms. The van der Waals surface area contributed by atoms with Crippen LogP contribution in [0.25, 0.3) is 0 Å². The van der Waals surface area contributed by atoms with Crippen molar-refractivity contribution in [1.82, 2.24) is 20.1 Å². The van der Waals surface area contributed by atoms with Gasteiger partial charge in [0.2, 0.25) is 10.0 Å². The molecular weight excluding hydrogens is 280 g/mol. The summed E-state index contributed by atoms with van der Waals surface area (Å²) in [6, 6.07) is 0. The molecule has 7 nitrogen and oxygen atoms in total. The number of H-pyrrole nitrogens is 1. The van der Waals surface area contributed by atoms with Gasteiger partial charge in [-0.1, -0.05) is 5.16 Å². The second kappa shape index (κ2) is 5.37. The number of hydrogen-bond acceptors (Lipinski definition) is 5. The van der Waals surface area contributed by atoms with Gasteiger partial charge < -0.3 is 4.52 Å². The molecule has 2 N–H and O–H groups in total. The molecule has 0 aliphatic heterocycles. The van der Waals surface area contributed by atoms with Crippen molar-refractivity contribution in [2.45, 2.75) is 39.0 Å². The summed E-state index contributed by atoms with van der Waals surface area (Å²) < 4.78 is 32.1. The molecule has 0 unspecified atom stereocenters. The van der Waals surface area contributed by atoms with E-state index in [0.717, 1.165) is 17.0 Å². The van der Waals surface area contributed by atoms with Gasteiger partial charge in [-0.15, -0.1) is 0 Å². The van der Waals surface area contributed by atoms with Crippen molar-refractivity contribution in [3.05, 3.63) is 28.4 Å². The highest BCUT2D eigenvalue weighted by Gasteiger charge is 2.22. The van der Waals surface area contributed by atoms with E-state index in [1.165, 1.54) is 0 Å². The van der Waals surface area contributed by atoms with Crippen LogP contribution in [0.15, 0.2) is 9.42 Å². The van der Waals surface area contributed by atoms with Crippen molar-refractivity contribution in [2.75, 3.05) is 6.54 Å². The Kier molecular flexibility index (Phi) is 3.96. The van der Waals surface area contributed by atoms with E-state index in [1.54, 1.807) is 13.8 Å². The van der Waals surface area contributed by atoms with E-state index < -0.39 is 10.0 Å². The van der Waals surface area contributed by atoms with E-state index in [0.29, 0.717) is 17.8 Å². The molecule has 20 heavy (non-hydrogen) atoms. The van der Waals surface area contributed by atoms with Crippen LogP contribution < -0.4 is 4.72 Å². The number of nitrogens with one attached hydrogen (secondary N) is 2.